The lowest BCUT2D eigenvalue weighted by Gasteiger charge is -2.31. The normalized spacial score (nSPS) is 12.3. The number of carboxylic acid groups (broad SMARTS) is 1. The van der Waals surface area contributed by atoms with Gasteiger partial charge in [-0.25, -0.2) is 0 Å². The van der Waals surface area contributed by atoms with E-state index < -0.39 is 22.3 Å². The van der Waals surface area contributed by atoms with E-state index in [9.17, 15) is 19.7 Å². The van der Waals surface area contributed by atoms with Crippen molar-refractivity contribution in [1.82, 2.24) is 5.32 Å². The molecule has 23 heavy (non-hydrogen) atoms. The molecular formula is C15H21N3O5. The molecule has 0 spiro atoms. The van der Waals surface area contributed by atoms with Crippen LogP contribution in [-0.2, 0) is 4.79 Å². The fourth-order valence-electron chi connectivity index (χ4n) is 2.03. The summed E-state index contributed by atoms with van der Waals surface area (Å²) in [5, 5.41) is 25.6. The molecule has 0 aliphatic heterocycles. The van der Waals surface area contributed by atoms with Crippen LogP contribution in [-0.4, -0.2) is 35.0 Å². The third-order valence-corrected chi connectivity index (χ3v) is 3.44. The van der Waals surface area contributed by atoms with Gasteiger partial charge in [-0.15, -0.1) is 0 Å². The molecule has 0 saturated heterocycles. The minimum Gasteiger partial charge on any atom is -0.481 e. The van der Waals surface area contributed by atoms with E-state index in [1.165, 1.54) is 25.2 Å². The first-order chi connectivity index (χ1) is 10.6. The predicted molar refractivity (Wildman–Crippen MR) is 85.6 cm³/mol. The van der Waals surface area contributed by atoms with Crippen LogP contribution in [0.25, 0.3) is 0 Å². The van der Waals surface area contributed by atoms with Gasteiger partial charge in [-0.05, 0) is 17.5 Å². The minimum atomic E-state index is -1.01. The van der Waals surface area contributed by atoms with E-state index in [-0.39, 0.29) is 29.3 Å². The maximum absolute atomic E-state index is 11.7. The number of carbonyl (C=O) groups excluding carboxylic acids is 1. The Morgan fingerprint density at radius 3 is 2.39 bits per heavy atom. The number of nitro groups is 1. The quantitative estimate of drug-likeness (QED) is 0.545. The molecule has 0 saturated carbocycles. The van der Waals surface area contributed by atoms with Crippen LogP contribution < -0.4 is 10.6 Å². The van der Waals surface area contributed by atoms with Crippen molar-refractivity contribution in [3.8, 4) is 0 Å². The van der Waals surface area contributed by atoms with Gasteiger partial charge >= 0.3 is 5.97 Å². The molecule has 0 aliphatic rings. The van der Waals surface area contributed by atoms with Crippen molar-refractivity contribution in [2.24, 2.45) is 5.41 Å². The van der Waals surface area contributed by atoms with E-state index in [4.69, 9.17) is 5.11 Å². The molecule has 0 aliphatic carbocycles. The number of hydrogen-bond donors (Lipinski definition) is 3. The Balaban J connectivity index is 3.28. The van der Waals surface area contributed by atoms with Gasteiger partial charge in [-0.1, -0.05) is 20.8 Å². The van der Waals surface area contributed by atoms with Gasteiger partial charge in [0.2, 0.25) is 0 Å². The van der Waals surface area contributed by atoms with Crippen LogP contribution in [0, 0.1) is 15.5 Å². The van der Waals surface area contributed by atoms with E-state index in [0.29, 0.717) is 0 Å². The standard InChI is InChI=1S/C15H21N3O5/c1-15(2,3)12(8-13(19)20)17-10-7-9(14(21)16-4)5-6-11(10)18(22)23/h5-7,12,17H,8H2,1-4H3,(H,16,21)(H,19,20)/t12-/m0/s1. The largest absolute Gasteiger partial charge is 0.481 e. The van der Waals surface area contributed by atoms with Crippen molar-refractivity contribution in [1.29, 1.82) is 0 Å². The molecule has 1 rings (SSSR count). The van der Waals surface area contributed by atoms with Gasteiger partial charge in [0.1, 0.15) is 5.69 Å². The third kappa shape index (κ3) is 4.94. The third-order valence-electron chi connectivity index (χ3n) is 3.44. The van der Waals surface area contributed by atoms with Crippen molar-refractivity contribution in [3.63, 3.8) is 0 Å². The van der Waals surface area contributed by atoms with Crippen LogP contribution in [0.15, 0.2) is 18.2 Å². The second-order valence-corrected chi connectivity index (χ2v) is 6.23. The summed E-state index contributed by atoms with van der Waals surface area (Å²) in [7, 11) is 1.46. The molecule has 1 atom stereocenters. The molecule has 126 valence electrons. The Morgan fingerprint density at radius 2 is 1.96 bits per heavy atom. The zero-order valence-electron chi connectivity index (χ0n) is 13.5. The van der Waals surface area contributed by atoms with Crippen LogP contribution in [0.3, 0.4) is 0 Å². The Bertz CT molecular complexity index is 622. The van der Waals surface area contributed by atoms with Gasteiger partial charge in [0.15, 0.2) is 0 Å². The molecule has 0 aromatic heterocycles. The minimum absolute atomic E-state index is 0.122. The number of carbonyl (C=O) groups is 2. The molecule has 3 N–H and O–H groups in total. The van der Waals surface area contributed by atoms with Gasteiger partial charge < -0.3 is 15.7 Å². The van der Waals surface area contributed by atoms with Gasteiger partial charge in [-0.3, -0.25) is 19.7 Å². The monoisotopic (exact) mass is 323 g/mol. The maximum Gasteiger partial charge on any atom is 0.305 e. The highest BCUT2D eigenvalue weighted by atomic mass is 16.6. The van der Waals surface area contributed by atoms with Gasteiger partial charge in [-0.2, -0.15) is 0 Å². The van der Waals surface area contributed by atoms with Crippen LogP contribution in [0.2, 0.25) is 0 Å². The number of rotatable bonds is 6. The zero-order valence-corrected chi connectivity index (χ0v) is 13.5. The first-order valence-electron chi connectivity index (χ1n) is 7.05. The van der Waals surface area contributed by atoms with E-state index in [0.717, 1.165) is 0 Å². The number of nitrogens with zero attached hydrogens (tertiary/aromatic N) is 1. The summed E-state index contributed by atoms with van der Waals surface area (Å²) in [5.41, 5.74) is -0.284. The predicted octanol–water partition coefficient (Wildman–Crippen LogP) is 2.26. The number of nitrogens with one attached hydrogen (secondary N) is 2. The van der Waals surface area contributed by atoms with E-state index in [1.54, 1.807) is 0 Å². The Hall–Kier alpha value is -2.64. The summed E-state index contributed by atoms with van der Waals surface area (Å²) >= 11 is 0. The Labute approximate surface area is 134 Å². The average Bonchev–Trinajstić information content (AvgIpc) is 2.43. The molecule has 1 aromatic carbocycles. The summed E-state index contributed by atoms with van der Waals surface area (Å²) in [6.45, 7) is 5.51. The molecule has 0 bridgehead atoms. The molecule has 1 amide bonds. The first-order valence-corrected chi connectivity index (χ1v) is 7.05. The molecule has 1 aromatic rings. The summed E-state index contributed by atoms with van der Waals surface area (Å²) in [6, 6.07) is 3.40. The van der Waals surface area contributed by atoms with Crippen LogP contribution >= 0.6 is 0 Å². The van der Waals surface area contributed by atoms with Gasteiger partial charge in [0, 0.05) is 24.7 Å². The van der Waals surface area contributed by atoms with Crippen LogP contribution in [0.1, 0.15) is 37.6 Å². The number of nitro benzene ring substituents is 1. The zero-order chi connectivity index (χ0) is 17.8. The number of amides is 1. The van der Waals surface area contributed by atoms with Gasteiger partial charge in [0.05, 0.1) is 11.3 Å². The van der Waals surface area contributed by atoms with Crippen molar-refractivity contribution in [3.05, 3.63) is 33.9 Å². The highest BCUT2D eigenvalue weighted by Crippen LogP contribution is 2.31. The van der Waals surface area contributed by atoms with Crippen molar-refractivity contribution >= 4 is 23.3 Å². The number of carboxylic acids is 1. The summed E-state index contributed by atoms with van der Waals surface area (Å²) in [4.78, 5) is 33.4. The fourth-order valence-corrected chi connectivity index (χ4v) is 2.03. The van der Waals surface area contributed by atoms with Crippen LogP contribution in [0.4, 0.5) is 11.4 Å². The molecule has 0 heterocycles. The smallest absolute Gasteiger partial charge is 0.305 e. The number of aliphatic carboxylic acids is 1. The second kappa shape index (κ2) is 7.08. The van der Waals surface area contributed by atoms with Crippen LogP contribution in [0.5, 0.6) is 0 Å². The van der Waals surface area contributed by atoms with Crippen molar-refractivity contribution < 1.29 is 19.6 Å². The number of hydrogen-bond acceptors (Lipinski definition) is 5. The highest BCUT2D eigenvalue weighted by Gasteiger charge is 2.29. The van der Waals surface area contributed by atoms with Gasteiger partial charge in [0.25, 0.3) is 11.6 Å². The average molecular weight is 323 g/mol. The fraction of sp³-hybridized carbons (Fsp3) is 0.467. The molecule has 0 unspecified atom stereocenters. The highest BCUT2D eigenvalue weighted by molar-refractivity contribution is 5.95. The summed E-state index contributed by atoms with van der Waals surface area (Å²) in [5.74, 6) is -1.39. The lowest BCUT2D eigenvalue weighted by molar-refractivity contribution is -0.384. The Kier molecular flexibility index (Phi) is 5.67. The van der Waals surface area contributed by atoms with E-state index >= 15 is 0 Å². The lowest BCUT2D eigenvalue weighted by atomic mass is 9.84. The topological polar surface area (TPSA) is 122 Å². The maximum atomic E-state index is 11.7. The van der Waals surface area contributed by atoms with E-state index in [2.05, 4.69) is 10.6 Å². The number of benzene rings is 1. The summed E-state index contributed by atoms with van der Waals surface area (Å²) < 4.78 is 0. The SMILES string of the molecule is CNC(=O)c1ccc([N+](=O)[O-])c(N[C@@H](CC(=O)O)C(C)(C)C)c1. The first kappa shape index (κ1) is 18.4. The second-order valence-electron chi connectivity index (χ2n) is 6.23. The Morgan fingerprint density at radius 1 is 1.35 bits per heavy atom. The lowest BCUT2D eigenvalue weighted by Crippen LogP contribution is -2.36. The molecule has 8 nitrogen and oxygen atoms in total. The number of anilines is 1. The molecular weight excluding hydrogens is 302 g/mol. The molecule has 0 radical (unpaired) electrons. The van der Waals surface area contributed by atoms with Crippen molar-refractivity contribution in [2.75, 3.05) is 12.4 Å². The summed E-state index contributed by atoms with van der Waals surface area (Å²) in [6.07, 6.45) is -0.204. The molecule has 0 fully saturated rings. The van der Waals surface area contributed by atoms with E-state index in [1.807, 2.05) is 20.8 Å². The molecule has 8 heteroatoms. The van der Waals surface area contributed by atoms with Crippen molar-refractivity contribution in [2.45, 2.75) is 33.2 Å².